The second-order valence-electron chi connectivity index (χ2n) is 4.59. The van der Waals surface area contributed by atoms with Crippen LogP contribution in [0.1, 0.15) is 32.6 Å². The van der Waals surface area contributed by atoms with Crippen LogP contribution in [0.3, 0.4) is 0 Å². The molecule has 2 unspecified atom stereocenters. The van der Waals surface area contributed by atoms with Gasteiger partial charge in [0.05, 0.1) is 0 Å². The fourth-order valence-corrected chi connectivity index (χ4v) is 3.83. The highest BCUT2D eigenvalue weighted by Crippen LogP contribution is 2.33. The molecular formula is C12H20ClN3S. The molecule has 0 radical (unpaired) electrons. The summed E-state index contributed by atoms with van der Waals surface area (Å²) >= 11 is 7.55. The smallest absolute Gasteiger partial charge is 0.186 e. The molecule has 0 aromatic carbocycles. The largest absolute Gasteiger partial charge is 0.345 e. The zero-order valence-corrected chi connectivity index (χ0v) is 11.8. The maximum Gasteiger partial charge on any atom is 0.186 e. The number of nitrogens with two attached hydrogens (primary N) is 1. The first kappa shape index (κ1) is 13.1. The summed E-state index contributed by atoms with van der Waals surface area (Å²) in [6, 6.07) is 0.543. The van der Waals surface area contributed by atoms with Crippen molar-refractivity contribution in [3.63, 3.8) is 0 Å². The Bertz CT molecular complexity index is 355. The van der Waals surface area contributed by atoms with Gasteiger partial charge in [-0.1, -0.05) is 24.4 Å². The third-order valence-corrected chi connectivity index (χ3v) is 4.82. The van der Waals surface area contributed by atoms with Gasteiger partial charge in [-0.2, -0.15) is 0 Å². The van der Waals surface area contributed by atoms with Gasteiger partial charge in [0.2, 0.25) is 0 Å². The molecular weight excluding hydrogens is 254 g/mol. The van der Waals surface area contributed by atoms with Crippen molar-refractivity contribution in [2.75, 3.05) is 18.0 Å². The molecule has 0 bridgehead atoms. The van der Waals surface area contributed by atoms with E-state index in [0.29, 0.717) is 17.1 Å². The summed E-state index contributed by atoms with van der Waals surface area (Å²) < 4.78 is 0. The van der Waals surface area contributed by atoms with Crippen LogP contribution in [0.5, 0.6) is 0 Å². The Morgan fingerprint density at radius 3 is 2.88 bits per heavy atom. The van der Waals surface area contributed by atoms with E-state index in [-0.39, 0.29) is 0 Å². The molecule has 2 N–H and O–H groups in total. The number of hydrogen-bond acceptors (Lipinski definition) is 4. The summed E-state index contributed by atoms with van der Waals surface area (Å²) in [5, 5.41) is 3.55. The first-order valence-electron chi connectivity index (χ1n) is 6.34. The summed E-state index contributed by atoms with van der Waals surface area (Å²) in [6.07, 6.45) is 5.09. The normalized spacial score (nSPS) is 24.9. The molecule has 1 fully saturated rings. The Balaban J connectivity index is 2.16. The van der Waals surface area contributed by atoms with E-state index in [1.54, 1.807) is 11.3 Å². The Morgan fingerprint density at radius 1 is 1.53 bits per heavy atom. The average Bonchev–Trinajstić information content (AvgIpc) is 2.77. The molecule has 1 aliphatic rings. The molecule has 5 heteroatoms. The number of rotatable bonds is 4. The van der Waals surface area contributed by atoms with Crippen LogP contribution in [0.4, 0.5) is 5.13 Å². The van der Waals surface area contributed by atoms with Gasteiger partial charge < -0.3 is 10.6 Å². The lowest BCUT2D eigenvalue weighted by Gasteiger charge is -2.39. The number of hydrogen-bond donors (Lipinski definition) is 1. The van der Waals surface area contributed by atoms with Crippen LogP contribution < -0.4 is 10.6 Å². The Kier molecular flexibility index (Phi) is 4.65. The predicted molar refractivity (Wildman–Crippen MR) is 74.9 cm³/mol. The lowest BCUT2D eigenvalue weighted by Crippen LogP contribution is -2.45. The molecule has 1 heterocycles. The molecule has 1 aromatic rings. The van der Waals surface area contributed by atoms with Gasteiger partial charge in [0.1, 0.15) is 5.15 Å². The van der Waals surface area contributed by atoms with E-state index in [4.69, 9.17) is 17.3 Å². The summed E-state index contributed by atoms with van der Waals surface area (Å²) in [4.78, 5) is 6.78. The summed E-state index contributed by atoms with van der Waals surface area (Å²) in [6.45, 7) is 3.93. The van der Waals surface area contributed by atoms with Crippen molar-refractivity contribution in [3.8, 4) is 0 Å². The summed E-state index contributed by atoms with van der Waals surface area (Å²) in [5.74, 6) is 0.603. The molecule has 0 saturated heterocycles. The highest BCUT2D eigenvalue weighted by Gasteiger charge is 2.29. The molecule has 1 aliphatic carbocycles. The second-order valence-corrected chi connectivity index (χ2v) is 5.81. The minimum atomic E-state index is 0.543. The molecule has 0 spiro atoms. The van der Waals surface area contributed by atoms with Crippen molar-refractivity contribution in [2.24, 2.45) is 11.7 Å². The quantitative estimate of drug-likeness (QED) is 0.916. The summed E-state index contributed by atoms with van der Waals surface area (Å²) in [7, 11) is 0. The zero-order valence-electron chi connectivity index (χ0n) is 10.2. The Labute approximate surface area is 112 Å². The van der Waals surface area contributed by atoms with Crippen LogP contribution >= 0.6 is 22.9 Å². The first-order valence-corrected chi connectivity index (χ1v) is 7.59. The van der Waals surface area contributed by atoms with Crippen LogP contribution in [-0.4, -0.2) is 24.1 Å². The molecule has 96 valence electrons. The zero-order chi connectivity index (χ0) is 12.3. The molecule has 1 aromatic heterocycles. The van der Waals surface area contributed by atoms with Gasteiger partial charge >= 0.3 is 0 Å². The predicted octanol–water partition coefficient (Wildman–Crippen LogP) is 3.14. The molecule has 1 saturated carbocycles. The SMILES string of the molecule is CCN(c1nc(Cl)cs1)C1CCCCC1CN. The van der Waals surface area contributed by atoms with E-state index in [1.807, 2.05) is 5.38 Å². The maximum atomic E-state index is 5.92. The Hall–Kier alpha value is -0.320. The molecule has 0 aliphatic heterocycles. The average molecular weight is 274 g/mol. The second kappa shape index (κ2) is 6.03. The number of halogens is 1. The minimum Gasteiger partial charge on any atom is -0.345 e. The lowest BCUT2D eigenvalue weighted by molar-refractivity contribution is 0.300. The fraction of sp³-hybridized carbons (Fsp3) is 0.750. The van der Waals surface area contributed by atoms with E-state index in [2.05, 4.69) is 16.8 Å². The molecule has 2 rings (SSSR count). The van der Waals surface area contributed by atoms with Gasteiger partial charge in [-0.05, 0) is 32.2 Å². The van der Waals surface area contributed by atoms with Crippen LogP contribution in [-0.2, 0) is 0 Å². The van der Waals surface area contributed by atoms with Crippen molar-refractivity contribution in [3.05, 3.63) is 10.5 Å². The molecule has 3 nitrogen and oxygen atoms in total. The van der Waals surface area contributed by atoms with Crippen molar-refractivity contribution < 1.29 is 0 Å². The van der Waals surface area contributed by atoms with Gasteiger partial charge in [0.15, 0.2) is 5.13 Å². The Morgan fingerprint density at radius 2 is 2.29 bits per heavy atom. The maximum absolute atomic E-state index is 5.92. The first-order chi connectivity index (χ1) is 8.26. The summed E-state index contributed by atoms with van der Waals surface area (Å²) in [5.41, 5.74) is 5.90. The number of aromatic nitrogens is 1. The topological polar surface area (TPSA) is 42.2 Å². The van der Waals surface area contributed by atoms with Gasteiger partial charge in [0, 0.05) is 18.0 Å². The minimum absolute atomic E-state index is 0.543. The fourth-order valence-electron chi connectivity index (χ4n) is 2.76. The van der Waals surface area contributed by atoms with Crippen LogP contribution in [0, 0.1) is 5.92 Å². The van der Waals surface area contributed by atoms with E-state index in [9.17, 15) is 0 Å². The van der Waals surface area contributed by atoms with Crippen molar-refractivity contribution >= 4 is 28.1 Å². The van der Waals surface area contributed by atoms with Crippen molar-refractivity contribution in [1.29, 1.82) is 0 Å². The number of thiazole rings is 1. The molecule has 0 amide bonds. The van der Waals surface area contributed by atoms with E-state index in [0.717, 1.165) is 18.2 Å². The van der Waals surface area contributed by atoms with Gasteiger partial charge in [-0.25, -0.2) is 4.98 Å². The third kappa shape index (κ3) is 2.92. The highest BCUT2D eigenvalue weighted by atomic mass is 35.5. The molecule has 17 heavy (non-hydrogen) atoms. The number of anilines is 1. The highest BCUT2D eigenvalue weighted by molar-refractivity contribution is 7.14. The molecule has 2 atom stereocenters. The van der Waals surface area contributed by atoms with Crippen molar-refractivity contribution in [1.82, 2.24) is 4.98 Å². The van der Waals surface area contributed by atoms with Crippen LogP contribution in [0.2, 0.25) is 5.15 Å². The van der Waals surface area contributed by atoms with E-state index >= 15 is 0 Å². The number of nitrogens with zero attached hydrogens (tertiary/aromatic N) is 2. The van der Waals surface area contributed by atoms with Gasteiger partial charge in [-0.15, -0.1) is 11.3 Å². The van der Waals surface area contributed by atoms with Gasteiger partial charge in [-0.3, -0.25) is 0 Å². The lowest BCUT2D eigenvalue weighted by atomic mass is 9.83. The van der Waals surface area contributed by atoms with Crippen LogP contribution in [0.15, 0.2) is 5.38 Å². The monoisotopic (exact) mass is 273 g/mol. The van der Waals surface area contributed by atoms with Gasteiger partial charge in [0.25, 0.3) is 0 Å². The van der Waals surface area contributed by atoms with E-state index < -0.39 is 0 Å². The van der Waals surface area contributed by atoms with Crippen LogP contribution in [0.25, 0.3) is 0 Å². The standard InChI is InChI=1S/C12H20ClN3S/c1-2-16(12-15-11(13)8-17-12)10-6-4-3-5-9(10)7-14/h8-10H,2-7,14H2,1H3. The third-order valence-electron chi connectivity index (χ3n) is 3.62. The van der Waals surface area contributed by atoms with E-state index in [1.165, 1.54) is 25.7 Å². The van der Waals surface area contributed by atoms with Crippen molar-refractivity contribution in [2.45, 2.75) is 38.6 Å².